The molecule has 3 aromatic rings. The van der Waals surface area contributed by atoms with Gasteiger partial charge in [-0.1, -0.05) is 36.4 Å². The van der Waals surface area contributed by atoms with Gasteiger partial charge < -0.3 is 19.9 Å². The van der Waals surface area contributed by atoms with E-state index in [4.69, 9.17) is 19.9 Å². The molecule has 0 aromatic heterocycles. The summed E-state index contributed by atoms with van der Waals surface area (Å²) in [5.41, 5.74) is 8.46. The van der Waals surface area contributed by atoms with Crippen molar-refractivity contribution in [2.75, 3.05) is 20.4 Å². The van der Waals surface area contributed by atoms with E-state index in [9.17, 15) is 0 Å². The molecule has 0 saturated carbocycles. The molecule has 2 N–H and O–H groups in total. The van der Waals surface area contributed by atoms with Crippen molar-refractivity contribution in [3.63, 3.8) is 0 Å². The Hall–Kier alpha value is -2.72. The third-order valence-electron chi connectivity index (χ3n) is 4.82. The van der Waals surface area contributed by atoms with Gasteiger partial charge in [0.15, 0.2) is 11.5 Å². The van der Waals surface area contributed by atoms with E-state index in [1.165, 1.54) is 16.3 Å². The third kappa shape index (κ3) is 2.89. The van der Waals surface area contributed by atoms with Gasteiger partial charge in [-0.3, -0.25) is 0 Å². The van der Waals surface area contributed by atoms with Gasteiger partial charge in [0.05, 0.1) is 7.11 Å². The molecule has 3 aromatic carbocycles. The highest BCUT2D eigenvalue weighted by Crippen LogP contribution is 2.37. The predicted molar refractivity (Wildman–Crippen MR) is 98.6 cm³/mol. The van der Waals surface area contributed by atoms with Crippen LogP contribution in [0.4, 0.5) is 0 Å². The standard InChI is InChI=1S/C21H21NO3/c1-23-19-8-6-14-4-2-3-5-17(14)18(19)10-16(12-22)15-7-9-20-21(11-15)25-13-24-20/h2-9,11,16H,10,12-13,22H2,1H3. The van der Waals surface area contributed by atoms with Gasteiger partial charge in [0.2, 0.25) is 6.79 Å². The van der Waals surface area contributed by atoms with Crippen molar-refractivity contribution in [1.82, 2.24) is 0 Å². The quantitative estimate of drug-likeness (QED) is 0.769. The highest BCUT2D eigenvalue weighted by Gasteiger charge is 2.20. The van der Waals surface area contributed by atoms with Crippen LogP contribution in [0.5, 0.6) is 17.2 Å². The first-order chi connectivity index (χ1) is 12.3. The van der Waals surface area contributed by atoms with Crippen LogP contribution in [0.2, 0.25) is 0 Å². The molecule has 1 aliphatic heterocycles. The summed E-state index contributed by atoms with van der Waals surface area (Å²) in [5, 5.41) is 2.42. The van der Waals surface area contributed by atoms with Crippen LogP contribution in [0.25, 0.3) is 10.8 Å². The molecule has 0 saturated heterocycles. The zero-order valence-corrected chi connectivity index (χ0v) is 14.2. The summed E-state index contributed by atoms with van der Waals surface area (Å²) >= 11 is 0. The summed E-state index contributed by atoms with van der Waals surface area (Å²) in [5.74, 6) is 2.66. The molecule has 4 rings (SSSR count). The highest BCUT2D eigenvalue weighted by molar-refractivity contribution is 5.87. The summed E-state index contributed by atoms with van der Waals surface area (Å²) in [6.07, 6.45) is 0.806. The van der Waals surface area contributed by atoms with E-state index in [-0.39, 0.29) is 12.7 Å². The number of hydrogen-bond donors (Lipinski definition) is 1. The maximum Gasteiger partial charge on any atom is 0.231 e. The van der Waals surface area contributed by atoms with Crippen LogP contribution >= 0.6 is 0 Å². The predicted octanol–water partition coefficient (Wildman–Crippen LogP) is 3.86. The number of hydrogen-bond acceptors (Lipinski definition) is 4. The molecule has 1 aliphatic rings. The lowest BCUT2D eigenvalue weighted by Crippen LogP contribution is -2.15. The Bertz CT molecular complexity index is 907. The van der Waals surface area contributed by atoms with Gasteiger partial charge in [0, 0.05) is 11.5 Å². The Morgan fingerprint density at radius 2 is 1.88 bits per heavy atom. The highest BCUT2D eigenvalue weighted by atomic mass is 16.7. The molecule has 1 heterocycles. The topological polar surface area (TPSA) is 53.7 Å². The molecule has 0 spiro atoms. The van der Waals surface area contributed by atoms with Crippen LogP contribution < -0.4 is 19.9 Å². The molecule has 0 amide bonds. The van der Waals surface area contributed by atoms with E-state index in [0.717, 1.165) is 29.2 Å². The second-order valence-corrected chi connectivity index (χ2v) is 6.22. The van der Waals surface area contributed by atoms with E-state index in [0.29, 0.717) is 6.54 Å². The molecule has 1 unspecified atom stereocenters. The van der Waals surface area contributed by atoms with Crippen LogP contribution in [0, 0.1) is 0 Å². The fourth-order valence-electron chi connectivity index (χ4n) is 3.47. The van der Waals surface area contributed by atoms with Gasteiger partial charge in [0.1, 0.15) is 5.75 Å². The van der Waals surface area contributed by atoms with Crippen LogP contribution in [-0.4, -0.2) is 20.4 Å². The Morgan fingerprint density at radius 1 is 1.04 bits per heavy atom. The lowest BCUT2D eigenvalue weighted by molar-refractivity contribution is 0.174. The van der Waals surface area contributed by atoms with Crippen LogP contribution in [0.15, 0.2) is 54.6 Å². The molecule has 0 fully saturated rings. The summed E-state index contributed by atoms with van der Waals surface area (Å²) < 4.78 is 16.5. The second kappa shape index (κ2) is 6.65. The third-order valence-corrected chi connectivity index (χ3v) is 4.82. The minimum atomic E-state index is 0.175. The number of ether oxygens (including phenoxy) is 3. The second-order valence-electron chi connectivity index (χ2n) is 6.22. The molecular formula is C21H21NO3. The van der Waals surface area contributed by atoms with Crippen molar-refractivity contribution >= 4 is 10.8 Å². The Balaban J connectivity index is 1.73. The van der Waals surface area contributed by atoms with Gasteiger partial charge in [-0.2, -0.15) is 0 Å². The van der Waals surface area contributed by atoms with Gasteiger partial charge in [0.25, 0.3) is 0 Å². The summed E-state index contributed by atoms with van der Waals surface area (Å²) in [6, 6.07) is 18.6. The van der Waals surface area contributed by atoms with Crippen LogP contribution in [0.3, 0.4) is 0 Å². The van der Waals surface area contributed by atoms with Gasteiger partial charge in [-0.15, -0.1) is 0 Å². The Kier molecular flexibility index (Phi) is 4.20. The average Bonchev–Trinajstić information content (AvgIpc) is 3.13. The van der Waals surface area contributed by atoms with Gasteiger partial charge in [-0.25, -0.2) is 0 Å². The number of nitrogens with two attached hydrogens (primary N) is 1. The van der Waals surface area contributed by atoms with Gasteiger partial charge >= 0.3 is 0 Å². The normalized spacial score (nSPS) is 13.8. The molecular weight excluding hydrogens is 314 g/mol. The number of rotatable bonds is 5. The van der Waals surface area contributed by atoms with Crippen molar-refractivity contribution in [3.8, 4) is 17.2 Å². The molecule has 0 radical (unpaired) electrons. The number of fused-ring (bicyclic) bond motifs is 2. The molecule has 128 valence electrons. The van der Waals surface area contributed by atoms with E-state index >= 15 is 0 Å². The van der Waals surface area contributed by atoms with Crippen molar-refractivity contribution in [1.29, 1.82) is 0 Å². The van der Waals surface area contributed by atoms with Crippen LogP contribution in [0.1, 0.15) is 17.0 Å². The van der Waals surface area contributed by atoms with Crippen LogP contribution in [-0.2, 0) is 6.42 Å². The first-order valence-corrected chi connectivity index (χ1v) is 8.44. The lowest BCUT2D eigenvalue weighted by Gasteiger charge is -2.19. The van der Waals surface area contributed by atoms with Crippen molar-refractivity contribution in [2.45, 2.75) is 12.3 Å². The largest absolute Gasteiger partial charge is 0.496 e. The van der Waals surface area contributed by atoms with Crippen molar-refractivity contribution < 1.29 is 14.2 Å². The van der Waals surface area contributed by atoms with Crippen molar-refractivity contribution in [2.24, 2.45) is 5.73 Å². The molecule has 1 atom stereocenters. The van der Waals surface area contributed by atoms with E-state index in [1.54, 1.807) is 7.11 Å². The monoisotopic (exact) mass is 335 g/mol. The summed E-state index contributed by atoms with van der Waals surface area (Å²) in [6.45, 7) is 0.829. The van der Waals surface area contributed by atoms with E-state index in [2.05, 4.69) is 36.4 Å². The summed E-state index contributed by atoms with van der Waals surface area (Å²) in [7, 11) is 1.71. The first kappa shape index (κ1) is 15.8. The maximum absolute atomic E-state index is 6.12. The molecule has 0 bridgehead atoms. The molecule has 4 heteroatoms. The van der Waals surface area contributed by atoms with Gasteiger partial charge in [-0.05, 0) is 47.5 Å². The molecule has 4 nitrogen and oxygen atoms in total. The zero-order chi connectivity index (χ0) is 17.2. The average molecular weight is 335 g/mol. The fourth-order valence-corrected chi connectivity index (χ4v) is 3.47. The molecule has 0 aliphatic carbocycles. The number of methoxy groups -OCH3 is 1. The van der Waals surface area contributed by atoms with E-state index in [1.807, 2.05) is 18.2 Å². The lowest BCUT2D eigenvalue weighted by atomic mass is 9.89. The summed E-state index contributed by atoms with van der Waals surface area (Å²) in [4.78, 5) is 0. The fraction of sp³-hybridized carbons (Fsp3) is 0.238. The number of benzene rings is 3. The first-order valence-electron chi connectivity index (χ1n) is 8.44. The minimum Gasteiger partial charge on any atom is -0.496 e. The maximum atomic E-state index is 6.12. The Morgan fingerprint density at radius 3 is 2.72 bits per heavy atom. The van der Waals surface area contributed by atoms with E-state index < -0.39 is 0 Å². The van der Waals surface area contributed by atoms with Crippen molar-refractivity contribution in [3.05, 3.63) is 65.7 Å². The zero-order valence-electron chi connectivity index (χ0n) is 14.2. The SMILES string of the molecule is COc1ccc2ccccc2c1CC(CN)c1ccc2c(c1)OCO2. The smallest absolute Gasteiger partial charge is 0.231 e. The Labute approximate surface area is 147 Å². The minimum absolute atomic E-state index is 0.175. The molecule has 25 heavy (non-hydrogen) atoms.